The van der Waals surface area contributed by atoms with Crippen molar-refractivity contribution >= 4 is 23.4 Å². The molecule has 0 aliphatic heterocycles. The average Bonchev–Trinajstić information content (AvgIpc) is 2.36. The number of hydrogen-bond acceptors (Lipinski definition) is 3. The van der Waals surface area contributed by atoms with Crippen molar-refractivity contribution in [2.45, 2.75) is 37.1 Å². The summed E-state index contributed by atoms with van der Waals surface area (Å²) in [5.74, 6) is 1.03. The fraction of sp³-hybridized carbons (Fsp3) is 0.571. The third-order valence-corrected chi connectivity index (χ3v) is 4.35. The first-order chi connectivity index (χ1) is 8.67. The van der Waals surface area contributed by atoms with E-state index in [9.17, 15) is 0 Å². The first-order valence-corrected chi connectivity index (χ1v) is 7.69. The molecule has 1 aromatic carbocycles. The van der Waals surface area contributed by atoms with Crippen LogP contribution in [0.5, 0.6) is 0 Å². The lowest BCUT2D eigenvalue weighted by Crippen LogP contribution is -2.21. The highest BCUT2D eigenvalue weighted by Gasteiger charge is 2.05. The minimum Gasteiger partial charge on any atom is -0.385 e. The Labute approximate surface area is 119 Å². The molecule has 1 unspecified atom stereocenters. The summed E-state index contributed by atoms with van der Waals surface area (Å²) in [4.78, 5) is 1.14. The quantitative estimate of drug-likeness (QED) is 0.584. The van der Waals surface area contributed by atoms with Gasteiger partial charge in [-0.2, -0.15) is 0 Å². The van der Waals surface area contributed by atoms with Crippen LogP contribution in [0.15, 0.2) is 23.1 Å². The van der Waals surface area contributed by atoms with Crippen LogP contribution >= 0.6 is 23.4 Å². The van der Waals surface area contributed by atoms with E-state index in [4.69, 9.17) is 22.1 Å². The van der Waals surface area contributed by atoms with Crippen LogP contribution in [0.3, 0.4) is 0 Å². The molecule has 18 heavy (non-hydrogen) atoms. The van der Waals surface area contributed by atoms with Crippen molar-refractivity contribution in [3.8, 4) is 0 Å². The standard InChI is InChI=1S/C14H22ClNOS/c1-3-12(16)9-11-5-6-14(13(15)10-11)18-8-4-7-17-2/h5-6,10,12H,3-4,7-9,16H2,1-2H3. The molecule has 1 rings (SSSR count). The maximum atomic E-state index is 6.28. The molecule has 1 aromatic rings. The Hall–Kier alpha value is -0.220. The third-order valence-electron chi connectivity index (χ3n) is 2.77. The summed E-state index contributed by atoms with van der Waals surface area (Å²) in [5.41, 5.74) is 7.16. The molecular weight excluding hydrogens is 266 g/mol. The Morgan fingerprint density at radius 1 is 1.44 bits per heavy atom. The van der Waals surface area contributed by atoms with Crippen molar-refractivity contribution < 1.29 is 4.74 Å². The minimum atomic E-state index is 0.223. The van der Waals surface area contributed by atoms with Crippen molar-refractivity contribution in [3.05, 3.63) is 28.8 Å². The van der Waals surface area contributed by atoms with Gasteiger partial charge in [-0.15, -0.1) is 11.8 Å². The van der Waals surface area contributed by atoms with Crippen LogP contribution in [-0.2, 0) is 11.2 Å². The van der Waals surface area contributed by atoms with E-state index in [-0.39, 0.29) is 6.04 Å². The normalized spacial score (nSPS) is 12.7. The van der Waals surface area contributed by atoms with E-state index in [1.54, 1.807) is 18.9 Å². The van der Waals surface area contributed by atoms with Crippen molar-refractivity contribution in [1.29, 1.82) is 0 Å². The van der Waals surface area contributed by atoms with Gasteiger partial charge in [0.25, 0.3) is 0 Å². The SMILES string of the molecule is CCC(N)Cc1ccc(SCCCOC)c(Cl)c1. The summed E-state index contributed by atoms with van der Waals surface area (Å²) in [7, 11) is 1.73. The van der Waals surface area contributed by atoms with Gasteiger partial charge in [-0.05, 0) is 37.0 Å². The van der Waals surface area contributed by atoms with Crippen LogP contribution in [0.25, 0.3) is 0 Å². The van der Waals surface area contributed by atoms with E-state index in [1.165, 1.54) is 5.56 Å². The smallest absolute Gasteiger partial charge is 0.0544 e. The molecule has 0 bridgehead atoms. The molecule has 0 spiro atoms. The Kier molecular flexibility index (Phi) is 7.75. The van der Waals surface area contributed by atoms with Crippen LogP contribution in [-0.4, -0.2) is 25.5 Å². The Morgan fingerprint density at radius 3 is 2.83 bits per heavy atom. The van der Waals surface area contributed by atoms with Gasteiger partial charge >= 0.3 is 0 Å². The summed E-state index contributed by atoms with van der Waals surface area (Å²) in [5, 5.41) is 0.832. The maximum Gasteiger partial charge on any atom is 0.0544 e. The zero-order valence-electron chi connectivity index (χ0n) is 11.1. The molecular formula is C14H22ClNOS. The van der Waals surface area contributed by atoms with Crippen LogP contribution in [0.4, 0.5) is 0 Å². The number of ether oxygens (including phenoxy) is 1. The summed E-state index contributed by atoms with van der Waals surface area (Å²) >= 11 is 8.05. The Balaban J connectivity index is 2.51. The Morgan fingerprint density at radius 2 is 2.22 bits per heavy atom. The Bertz CT molecular complexity index is 360. The fourth-order valence-corrected chi connectivity index (χ4v) is 2.83. The molecule has 0 radical (unpaired) electrons. The van der Waals surface area contributed by atoms with Crippen molar-refractivity contribution in [3.63, 3.8) is 0 Å². The van der Waals surface area contributed by atoms with Crippen molar-refractivity contribution in [2.24, 2.45) is 5.73 Å². The van der Waals surface area contributed by atoms with Gasteiger partial charge in [0, 0.05) is 30.4 Å². The van der Waals surface area contributed by atoms with E-state index in [2.05, 4.69) is 19.1 Å². The molecule has 1 atom stereocenters. The first kappa shape index (κ1) is 15.8. The highest BCUT2D eigenvalue weighted by Crippen LogP contribution is 2.28. The summed E-state index contributed by atoms with van der Waals surface area (Å²) in [6.45, 7) is 2.90. The van der Waals surface area contributed by atoms with Gasteiger partial charge in [0.2, 0.25) is 0 Å². The lowest BCUT2D eigenvalue weighted by molar-refractivity contribution is 0.200. The fourth-order valence-electron chi connectivity index (χ4n) is 1.62. The molecule has 0 aliphatic carbocycles. The lowest BCUT2D eigenvalue weighted by Gasteiger charge is -2.10. The molecule has 0 heterocycles. The van der Waals surface area contributed by atoms with Crippen LogP contribution in [0.1, 0.15) is 25.3 Å². The molecule has 0 saturated heterocycles. The van der Waals surface area contributed by atoms with Gasteiger partial charge < -0.3 is 10.5 Å². The van der Waals surface area contributed by atoms with E-state index in [1.807, 2.05) is 6.07 Å². The number of nitrogens with two attached hydrogens (primary N) is 1. The number of halogens is 1. The number of benzene rings is 1. The van der Waals surface area contributed by atoms with E-state index in [0.29, 0.717) is 0 Å². The van der Waals surface area contributed by atoms with E-state index in [0.717, 1.165) is 41.5 Å². The minimum absolute atomic E-state index is 0.223. The van der Waals surface area contributed by atoms with Crippen LogP contribution in [0, 0.1) is 0 Å². The monoisotopic (exact) mass is 287 g/mol. The predicted octanol–water partition coefficient (Wildman–Crippen LogP) is 3.75. The number of hydrogen-bond donors (Lipinski definition) is 1. The summed E-state index contributed by atoms with van der Waals surface area (Å²) in [6.07, 6.45) is 2.93. The van der Waals surface area contributed by atoms with E-state index < -0.39 is 0 Å². The predicted molar refractivity (Wildman–Crippen MR) is 80.6 cm³/mol. The van der Waals surface area contributed by atoms with Crippen molar-refractivity contribution in [1.82, 2.24) is 0 Å². The van der Waals surface area contributed by atoms with Gasteiger partial charge in [-0.1, -0.05) is 24.6 Å². The number of thioether (sulfide) groups is 1. The third kappa shape index (κ3) is 5.61. The average molecular weight is 288 g/mol. The van der Waals surface area contributed by atoms with Crippen LogP contribution < -0.4 is 5.73 Å². The maximum absolute atomic E-state index is 6.28. The summed E-state index contributed by atoms with van der Waals surface area (Å²) < 4.78 is 5.03. The van der Waals surface area contributed by atoms with Crippen LogP contribution in [0.2, 0.25) is 5.02 Å². The van der Waals surface area contributed by atoms with E-state index >= 15 is 0 Å². The molecule has 4 heteroatoms. The highest BCUT2D eigenvalue weighted by atomic mass is 35.5. The second-order valence-electron chi connectivity index (χ2n) is 4.33. The van der Waals surface area contributed by atoms with Gasteiger partial charge in [-0.3, -0.25) is 0 Å². The molecule has 2 nitrogen and oxygen atoms in total. The highest BCUT2D eigenvalue weighted by molar-refractivity contribution is 7.99. The molecule has 102 valence electrons. The molecule has 0 amide bonds. The molecule has 0 fully saturated rings. The molecule has 0 aromatic heterocycles. The summed E-state index contributed by atoms with van der Waals surface area (Å²) in [6, 6.07) is 6.48. The van der Waals surface area contributed by atoms with Crippen molar-refractivity contribution in [2.75, 3.05) is 19.5 Å². The zero-order valence-corrected chi connectivity index (χ0v) is 12.7. The second kappa shape index (κ2) is 8.81. The van der Waals surface area contributed by atoms with Gasteiger partial charge in [-0.25, -0.2) is 0 Å². The van der Waals surface area contributed by atoms with Gasteiger partial charge in [0.05, 0.1) is 5.02 Å². The topological polar surface area (TPSA) is 35.2 Å². The molecule has 0 saturated carbocycles. The molecule has 2 N–H and O–H groups in total. The molecule has 0 aliphatic rings. The number of rotatable bonds is 8. The zero-order chi connectivity index (χ0) is 13.4. The van der Waals surface area contributed by atoms with Gasteiger partial charge in [0.15, 0.2) is 0 Å². The van der Waals surface area contributed by atoms with Gasteiger partial charge in [0.1, 0.15) is 0 Å². The number of methoxy groups -OCH3 is 1. The largest absolute Gasteiger partial charge is 0.385 e. The first-order valence-electron chi connectivity index (χ1n) is 6.33. The second-order valence-corrected chi connectivity index (χ2v) is 5.88. The lowest BCUT2D eigenvalue weighted by atomic mass is 10.1.